The SMILES string of the molecule is C#CCC.C/C=N\N1C=CC(Oc2ccc(Nc3ncnc4ccc(CCC)c(OCC(C)CC(C)CC)c34)cc2C)=CC1.CC.CC(C)C(=O)/C=C/C1CN(C)C1. The molecule has 5 rings (SSSR count). The zero-order chi connectivity index (χ0) is 43.0. The van der Waals surface area contributed by atoms with Gasteiger partial charge in [-0.25, -0.2) is 9.97 Å². The molecule has 0 saturated carbocycles. The molecule has 1 fully saturated rings. The third-order valence-corrected chi connectivity index (χ3v) is 9.59. The van der Waals surface area contributed by atoms with Gasteiger partial charge < -0.3 is 19.7 Å². The lowest BCUT2D eigenvalue weighted by Gasteiger charge is -2.34. The molecule has 2 atom stereocenters. The predicted octanol–water partition coefficient (Wildman–Crippen LogP) is 11.6. The van der Waals surface area contributed by atoms with Crippen molar-refractivity contribution in [2.75, 3.05) is 38.6 Å². The Morgan fingerprint density at radius 3 is 2.38 bits per heavy atom. The van der Waals surface area contributed by atoms with E-state index in [4.69, 9.17) is 15.9 Å². The summed E-state index contributed by atoms with van der Waals surface area (Å²) in [6.07, 6.45) is 23.0. The van der Waals surface area contributed by atoms with Crippen LogP contribution in [0.2, 0.25) is 0 Å². The smallest absolute Gasteiger partial charge is 0.157 e. The number of nitrogens with zero attached hydrogens (tertiary/aromatic N) is 5. The van der Waals surface area contributed by atoms with Crippen LogP contribution >= 0.6 is 0 Å². The first-order valence-electron chi connectivity index (χ1n) is 21.3. The zero-order valence-electron chi connectivity index (χ0n) is 37.6. The maximum absolute atomic E-state index is 11.2. The maximum atomic E-state index is 11.2. The van der Waals surface area contributed by atoms with Crippen LogP contribution in [0.1, 0.15) is 106 Å². The van der Waals surface area contributed by atoms with Gasteiger partial charge in [0.05, 0.1) is 24.1 Å². The van der Waals surface area contributed by atoms with Crippen molar-refractivity contribution < 1.29 is 14.3 Å². The molecular formula is C49H72N6O3. The average molecular weight is 793 g/mol. The van der Waals surface area contributed by atoms with E-state index in [2.05, 4.69) is 84.1 Å². The van der Waals surface area contributed by atoms with Crippen molar-refractivity contribution in [2.24, 2.45) is 28.8 Å². The summed E-state index contributed by atoms with van der Waals surface area (Å²) in [5, 5.41) is 10.6. The van der Waals surface area contributed by atoms with Crippen molar-refractivity contribution in [3.8, 4) is 23.8 Å². The Morgan fingerprint density at radius 1 is 1.09 bits per heavy atom. The number of fused-ring (bicyclic) bond motifs is 1. The van der Waals surface area contributed by atoms with Crippen LogP contribution in [0, 0.1) is 42.9 Å². The molecule has 0 bridgehead atoms. The molecule has 0 spiro atoms. The number of carbonyl (C=O) groups is 1. The highest BCUT2D eigenvalue weighted by Gasteiger charge is 2.20. The van der Waals surface area contributed by atoms with E-state index in [1.165, 1.54) is 12.0 Å². The summed E-state index contributed by atoms with van der Waals surface area (Å²) in [6, 6.07) is 10.3. The molecule has 316 valence electrons. The first-order chi connectivity index (χ1) is 27.9. The highest BCUT2D eigenvalue weighted by Crippen LogP contribution is 2.37. The van der Waals surface area contributed by atoms with Crippen LogP contribution in [0.25, 0.3) is 10.9 Å². The molecular weight excluding hydrogens is 721 g/mol. The number of terminal acetylenes is 1. The second-order valence-corrected chi connectivity index (χ2v) is 15.2. The number of carbonyl (C=O) groups excluding carboxylic acids is 1. The number of aryl methyl sites for hydroxylation is 2. The first kappa shape index (κ1) is 49.2. The summed E-state index contributed by atoms with van der Waals surface area (Å²) < 4.78 is 12.7. The topological polar surface area (TPSA) is 92.2 Å². The van der Waals surface area contributed by atoms with Gasteiger partial charge in [0.25, 0.3) is 0 Å². The predicted molar refractivity (Wildman–Crippen MR) is 246 cm³/mol. The lowest BCUT2D eigenvalue weighted by atomic mass is 9.96. The van der Waals surface area contributed by atoms with Gasteiger partial charge in [-0.1, -0.05) is 87.3 Å². The highest BCUT2D eigenvalue weighted by molar-refractivity contribution is 5.97. The summed E-state index contributed by atoms with van der Waals surface area (Å²) in [5.41, 5.74) is 4.02. The van der Waals surface area contributed by atoms with Crippen LogP contribution < -0.4 is 14.8 Å². The molecule has 2 aromatic carbocycles. The number of rotatable bonds is 16. The van der Waals surface area contributed by atoms with E-state index in [0.717, 1.165) is 84.0 Å². The van der Waals surface area contributed by atoms with Gasteiger partial charge in [0.15, 0.2) is 5.78 Å². The molecule has 1 aromatic heterocycles. The largest absolute Gasteiger partial charge is 0.492 e. The van der Waals surface area contributed by atoms with Gasteiger partial charge >= 0.3 is 0 Å². The van der Waals surface area contributed by atoms with Crippen LogP contribution in [0.3, 0.4) is 0 Å². The van der Waals surface area contributed by atoms with E-state index in [1.807, 2.05) is 90.0 Å². The maximum Gasteiger partial charge on any atom is 0.157 e. The van der Waals surface area contributed by atoms with Gasteiger partial charge in [-0.3, -0.25) is 9.80 Å². The minimum Gasteiger partial charge on any atom is -0.492 e. The Balaban J connectivity index is 0.000000536. The van der Waals surface area contributed by atoms with E-state index < -0.39 is 0 Å². The molecule has 2 aliphatic heterocycles. The Kier molecular flexibility index (Phi) is 22.8. The zero-order valence-corrected chi connectivity index (χ0v) is 37.6. The van der Waals surface area contributed by atoms with Crippen molar-refractivity contribution in [3.63, 3.8) is 0 Å². The molecule has 9 heteroatoms. The average Bonchev–Trinajstić information content (AvgIpc) is 3.21. The number of hydrogen-bond donors (Lipinski definition) is 1. The summed E-state index contributed by atoms with van der Waals surface area (Å²) in [6.45, 7) is 26.3. The summed E-state index contributed by atoms with van der Waals surface area (Å²) >= 11 is 0. The van der Waals surface area contributed by atoms with Gasteiger partial charge in [0.2, 0.25) is 0 Å². The molecule has 1 saturated heterocycles. The number of nitrogens with one attached hydrogen (secondary N) is 1. The molecule has 9 nitrogen and oxygen atoms in total. The second-order valence-electron chi connectivity index (χ2n) is 15.2. The van der Waals surface area contributed by atoms with Crippen molar-refractivity contribution >= 4 is 34.4 Å². The fourth-order valence-electron chi connectivity index (χ4n) is 6.22. The van der Waals surface area contributed by atoms with Gasteiger partial charge in [0.1, 0.15) is 29.4 Å². The van der Waals surface area contributed by atoms with Gasteiger partial charge in [-0.05, 0) is 99.2 Å². The number of anilines is 2. The number of ketones is 1. The van der Waals surface area contributed by atoms with Crippen LogP contribution in [0.5, 0.6) is 11.5 Å². The van der Waals surface area contributed by atoms with E-state index in [9.17, 15) is 4.79 Å². The molecule has 58 heavy (non-hydrogen) atoms. The first-order valence-corrected chi connectivity index (χ1v) is 21.3. The fraction of sp³-hybridized carbons (Fsp3) is 0.510. The number of benzene rings is 2. The number of allylic oxidation sites excluding steroid dienone is 2. The van der Waals surface area contributed by atoms with Crippen LogP contribution in [-0.2, 0) is 11.2 Å². The number of ether oxygens (including phenoxy) is 2. The Morgan fingerprint density at radius 2 is 1.81 bits per heavy atom. The molecule has 0 amide bonds. The number of aromatic nitrogens is 2. The normalized spacial score (nSPS) is 14.9. The standard InChI is InChI=1S/C33H43N5O2.C10H17NO.C4H6.C2H6/c1-7-10-26-11-13-29-31(32(26)39-21-24(5)19-23(4)8-2)33(35-22-34-29)37-27-12-14-30(25(6)20-27)40-28-15-17-38(18-16-28)36-9-3;1-8(2)10(12)5-4-9-6-11(3)7-9;1-3-4-2;1-2/h9,11-17,20,22-24H,7-8,10,18-19,21H2,1-6H3,(H,34,35,37);4-5,8-9H,6-7H2,1-3H3;1H,4H2,2H3;1-2H3/b36-9-;5-4+;;. The third kappa shape index (κ3) is 16.5. The third-order valence-electron chi connectivity index (χ3n) is 9.59. The van der Waals surface area contributed by atoms with Gasteiger partial charge in [0, 0.05) is 49.4 Å². The van der Waals surface area contributed by atoms with Crippen molar-refractivity contribution in [2.45, 2.75) is 108 Å². The number of hydrogen-bond acceptors (Lipinski definition) is 9. The molecule has 2 aliphatic rings. The number of likely N-dealkylation sites (tertiary alicyclic amines) is 1. The van der Waals surface area contributed by atoms with Crippen LogP contribution in [0.4, 0.5) is 11.5 Å². The van der Waals surface area contributed by atoms with E-state index >= 15 is 0 Å². The quantitative estimate of drug-likeness (QED) is 0.0871. The van der Waals surface area contributed by atoms with E-state index in [0.29, 0.717) is 30.9 Å². The molecule has 3 heterocycles. The summed E-state index contributed by atoms with van der Waals surface area (Å²) in [7, 11) is 2.09. The minimum atomic E-state index is 0.138. The monoisotopic (exact) mass is 793 g/mol. The van der Waals surface area contributed by atoms with Crippen molar-refractivity contribution in [3.05, 3.63) is 84.0 Å². The van der Waals surface area contributed by atoms with Crippen molar-refractivity contribution in [1.82, 2.24) is 19.9 Å². The Hall–Kier alpha value is -4.94. The molecule has 0 radical (unpaired) electrons. The number of hydrazone groups is 1. The second kappa shape index (κ2) is 26.9. The van der Waals surface area contributed by atoms with E-state index in [1.54, 1.807) is 18.6 Å². The molecule has 3 aromatic rings. The van der Waals surface area contributed by atoms with Crippen molar-refractivity contribution in [1.29, 1.82) is 0 Å². The lowest BCUT2D eigenvalue weighted by Crippen LogP contribution is -2.42. The van der Waals surface area contributed by atoms with Crippen LogP contribution in [0.15, 0.2) is 78.0 Å². The highest BCUT2D eigenvalue weighted by atomic mass is 16.5. The molecule has 2 unspecified atom stereocenters. The fourth-order valence-corrected chi connectivity index (χ4v) is 6.22. The molecule has 0 aliphatic carbocycles. The lowest BCUT2D eigenvalue weighted by molar-refractivity contribution is -0.117. The summed E-state index contributed by atoms with van der Waals surface area (Å²) in [4.78, 5) is 22.6. The van der Waals surface area contributed by atoms with Gasteiger partial charge in [-0.15, -0.1) is 12.3 Å². The minimum absolute atomic E-state index is 0.138. The van der Waals surface area contributed by atoms with Crippen LogP contribution in [-0.4, -0.2) is 65.2 Å². The Bertz CT molecular complexity index is 1850. The molecule has 1 N–H and O–H groups in total. The Labute approximate surface area is 351 Å². The van der Waals surface area contributed by atoms with Gasteiger partial charge in [-0.2, -0.15) is 5.10 Å². The summed E-state index contributed by atoms with van der Waals surface area (Å²) in [5.74, 6) is 7.83. The van der Waals surface area contributed by atoms with E-state index in [-0.39, 0.29) is 11.7 Å².